The van der Waals surface area contributed by atoms with E-state index >= 15 is 0 Å². The van der Waals surface area contributed by atoms with Crippen LogP contribution in [0.1, 0.15) is 12.5 Å². The van der Waals surface area contributed by atoms with Gasteiger partial charge in [0.1, 0.15) is 11.5 Å². The van der Waals surface area contributed by atoms with Crippen LogP contribution >= 0.6 is 0 Å². The molecule has 8 heteroatoms. The summed E-state index contributed by atoms with van der Waals surface area (Å²) in [5.41, 5.74) is 1.30. The van der Waals surface area contributed by atoms with Crippen molar-refractivity contribution < 1.29 is 22.7 Å². The highest BCUT2D eigenvalue weighted by Crippen LogP contribution is 2.36. The Balaban J connectivity index is 1.52. The van der Waals surface area contributed by atoms with Gasteiger partial charge in [0.2, 0.25) is 0 Å². The summed E-state index contributed by atoms with van der Waals surface area (Å²) >= 11 is 0. The van der Waals surface area contributed by atoms with Crippen molar-refractivity contribution in [3.63, 3.8) is 0 Å². The minimum atomic E-state index is -3.86. The lowest BCUT2D eigenvalue weighted by Crippen LogP contribution is -2.50. The number of ether oxygens (including phenoxy) is 2. The molecular formula is C24H24N2O5S. The van der Waals surface area contributed by atoms with Crippen LogP contribution in [-0.4, -0.2) is 33.6 Å². The number of nitrogens with zero attached hydrogens (tertiary/aromatic N) is 1. The van der Waals surface area contributed by atoms with Crippen LogP contribution in [0.5, 0.6) is 11.5 Å². The Morgan fingerprint density at radius 1 is 1.03 bits per heavy atom. The number of carbonyl (C=O) groups excluding carboxylic acids is 1. The van der Waals surface area contributed by atoms with Gasteiger partial charge in [-0.1, -0.05) is 42.5 Å². The van der Waals surface area contributed by atoms with Gasteiger partial charge >= 0.3 is 0 Å². The second kappa shape index (κ2) is 9.32. The molecule has 1 N–H and O–H groups in total. The van der Waals surface area contributed by atoms with E-state index in [-0.39, 0.29) is 23.9 Å². The summed E-state index contributed by atoms with van der Waals surface area (Å²) in [5.74, 6) is 0.720. The molecule has 4 rings (SSSR count). The molecule has 166 valence electrons. The van der Waals surface area contributed by atoms with Gasteiger partial charge < -0.3 is 14.8 Å². The molecule has 0 aromatic heterocycles. The molecule has 0 fully saturated rings. The van der Waals surface area contributed by atoms with Gasteiger partial charge in [-0.2, -0.15) is 0 Å². The van der Waals surface area contributed by atoms with E-state index in [0.717, 1.165) is 11.3 Å². The van der Waals surface area contributed by atoms with Crippen LogP contribution in [0, 0.1) is 0 Å². The van der Waals surface area contributed by atoms with Gasteiger partial charge in [0.25, 0.3) is 15.9 Å². The fourth-order valence-electron chi connectivity index (χ4n) is 3.46. The van der Waals surface area contributed by atoms with Crippen molar-refractivity contribution in [2.75, 3.05) is 17.5 Å². The zero-order chi connectivity index (χ0) is 22.6. The Hall–Kier alpha value is -3.52. The topological polar surface area (TPSA) is 84.9 Å². The van der Waals surface area contributed by atoms with Crippen LogP contribution in [0.2, 0.25) is 0 Å². The van der Waals surface area contributed by atoms with E-state index in [4.69, 9.17) is 9.47 Å². The van der Waals surface area contributed by atoms with Gasteiger partial charge in [-0.25, -0.2) is 8.42 Å². The minimum absolute atomic E-state index is 0.122. The van der Waals surface area contributed by atoms with Gasteiger partial charge in [0.05, 0.1) is 23.7 Å². The van der Waals surface area contributed by atoms with Crippen molar-refractivity contribution in [2.24, 2.45) is 0 Å². The average Bonchev–Trinajstić information content (AvgIpc) is 2.83. The van der Waals surface area contributed by atoms with Crippen LogP contribution in [0.4, 0.5) is 5.69 Å². The van der Waals surface area contributed by atoms with Crippen LogP contribution in [0.15, 0.2) is 83.8 Å². The predicted octanol–water partition coefficient (Wildman–Crippen LogP) is 3.36. The lowest BCUT2D eigenvalue weighted by Gasteiger charge is -2.34. The van der Waals surface area contributed by atoms with Crippen molar-refractivity contribution in [2.45, 2.75) is 24.5 Å². The second-order valence-corrected chi connectivity index (χ2v) is 9.08. The Morgan fingerprint density at radius 3 is 2.44 bits per heavy atom. The number of hydrogen-bond acceptors (Lipinski definition) is 5. The van der Waals surface area contributed by atoms with Crippen LogP contribution < -0.4 is 19.1 Å². The number of sulfonamides is 1. The normalized spacial score (nSPS) is 15.4. The van der Waals surface area contributed by atoms with Crippen molar-refractivity contribution in [1.82, 2.24) is 5.32 Å². The Labute approximate surface area is 187 Å². The van der Waals surface area contributed by atoms with E-state index in [1.54, 1.807) is 42.5 Å². The Morgan fingerprint density at radius 2 is 1.72 bits per heavy atom. The fourth-order valence-corrected chi connectivity index (χ4v) is 4.96. The highest BCUT2D eigenvalue weighted by atomic mass is 32.2. The van der Waals surface area contributed by atoms with E-state index in [1.807, 2.05) is 31.2 Å². The van der Waals surface area contributed by atoms with Crippen LogP contribution in [-0.2, 0) is 21.4 Å². The minimum Gasteiger partial charge on any atom is -0.494 e. The maximum atomic E-state index is 13.3. The maximum absolute atomic E-state index is 13.3. The molecule has 0 saturated heterocycles. The average molecular weight is 453 g/mol. The van der Waals surface area contributed by atoms with Crippen LogP contribution in [0.25, 0.3) is 0 Å². The number of rotatable bonds is 7. The molecular weight excluding hydrogens is 428 g/mol. The Bertz CT molecular complexity index is 1180. The maximum Gasteiger partial charge on any atom is 0.264 e. The number of benzene rings is 3. The third kappa shape index (κ3) is 4.55. The summed E-state index contributed by atoms with van der Waals surface area (Å²) in [6.07, 6.45) is -0.980. The van der Waals surface area contributed by atoms with E-state index in [2.05, 4.69) is 5.32 Å². The molecule has 0 spiro atoms. The quantitative estimate of drug-likeness (QED) is 0.594. The lowest BCUT2D eigenvalue weighted by atomic mass is 10.2. The van der Waals surface area contributed by atoms with Crippen molar-refractivity contribution in [3.8, 4) is 11.5 Å². The number of hydrogen-bond donors (Lipinski definition) is 1. The highest BCUT2D eigenvalue weighted by molar-refractivity contribution is 7.92. The summed E-state index contributed by atoms with van der Waals surface area (Å²) < 4.78 is 39.1. The number of amides is 1. The molecule has 0 saturated carbocycles. The SMILES string of the molecule is CCOc1ccc(CNC(=O)C2CN(S(=O)(=O)c3ccccc3)c3ccccc3O2)cc1. The lowest BCUT2D eigenvalue weighted by molar-refractivity contribution is -0.127. The smallest absolute Gasteiger partial charge is 0.264 e. The summed E-state index contributed by atoms with van der Waals surface area (Å²) in [6.45, 7) is 2.66. The molecule has 7 nitrogen and oxygen atoms in total. The summed E-state index contributed by atoms with van der Waals surface area (Å²) in [4.78, 5) is 13.0. The molecule has 1 aliphatic heterocycles. The number of para-hydroxylation sites is 2. The van der Waals surface area contributed by atoms with Gasteiger partial charge in [-0.15, -0.1) is 0 Å². The zero-order valence-electron chi connectivity index (χ0n) is 17.6. The summed E-state index contributed by atoms with van der Waals surface area (Å²) in [6, 6.07) is 22.4. The zero-order valence-corrected chi connectivity index (χ0v) is 18.4. The number of nitrogens with one attached hydrogen (secondary N) is 1. The first kappa shape index (κ1) is 21.7. The number of fused-ring (bicyclic) bond motifs is 1. The van der Waals surface area contributed by atoms with Crippen molar-refractivity contribution in [3.05, 3.63) is 84.4 Å². The molecule has 3 aromatic carbocycles. The van der Waals surface area contributed by atoms with Crippen molar-refractivity contribution in [1.29, 1.82) is 0 Å². The summed E-state index contributed by atoms with van der Waals surface area (Å²) in [7, 11) is -3.86. The largest absolute Gasteiger partial charge is 0.494 e. The molecule has 1 aliphatic rings. The first-order chi connectivity index (χ1) is 15.5. The molecule has 0 aliphatic carbocycles. The van der Waals surface area contributed by atoms with E-state index in [0.29, 0.717) is 18.0 Å². The molecule has 0 bridgehead atoms. The van der Waals surface area contributed by atoms with Gasteiger partial charge in [0.15, 0.2) is 6.10 Å². The molecule has 3 aromatic rings. The summed E-state index contributed by atoms with van der Waals surface area (Å²) in [5, 5.41) is 2.84. The van der Waals surface area contributed by atoms with E-state index in [1.165, 1.54) is 16.4 Å². The number of anilines is 1. The van der Waals surface area contributed by atoms with Crippen molar-refractivity contribution >= 4 is 21.6 Å². The first-order valence-electron chi connectivity index (χ1n) is 10.3. The highest BCUT2D eigenvalue weighted by Gasteiger charge is 2.37. The van der Waals surface area contributed by atoms with Gasteiger partial charge in [-0.3, -0.25) is 9.10 Å². The van der Waals surface area contributed by atoms with Crippen LogP contribution in [0.3, 0.4) is 0 Å². The molecule has 1 atom stereocenters. The monoisotopic (exact) mass is 452 g/mol. The van der Waals surface area contributed by atoms with Gasteiger partial charge in [0, 0.05) is 6.54 Å². The fraction of sp³-hybridized carbons (Fsp3) is 0.208. The predicted molar refractivity (Wildman–Crippen MR) is 121 cm³/mol. The molecule has 1 heterocycles. The molecule has 1 amide bonds. The third-order valence-corrected chi connectivity index (χ3v) is 6.85. The third-order valence-electron chi connectivity index (χ3n) is 5.06. The Kier molecular flexibility index (Phi) is 6.32. The molecule has 1 unspecified atom stereocenters. The standard InChI is InChI=1S/C24H24N2O5S/c1-2-30-19-14-12-18(13-15-19)16-25-24(27)23-17-26(21-10-6-7-11-22(21)31-23)32(28,29)20-8-4-3-5-9-20/h3-15,23H,2,16-17H2,1H3,(H,25,27). The molecule has 32 heavy (non-hydrogen) atoms. The number of carbonyl (C=O) groups is 1. The second-order valence-electron chi connectivity index (χ2n) is 7.22. The van der Waals surface area contributed by atoms with E-state index in [9.17, 15) is 13.2 Å². The van der Waals surface area contributed by atoms with E-state index < -0.39 is 16.1 Å². The first-order valence-corrected chi connectivity index (χ1v) is 11.8. The molecule has 0 radical (unpaired) electrons. The van der Waals surface area contributed by atoms with Gasteiger partial charge in [-0.05, 0) is 48.9 Å².